The van der Waals surface area contributed by atoms with Crippen LogP contribution >= 0.6 is 0 Å². The summed E-state index contributed by atoms with van der Waals surface area (Å²) in [5.74, 6) is -0.417. The lowest BCUT2D eigenvalue weighted by molar-refractivity contribution is 0.0881. The van der Waals surface area contributed by atoms with Crippen molar-refractivity contribution in [2.75, 3.05) is 38.1 Å². The van der Waals surface area contributed by atoms with Crippen molar-refractivity contribution in [1.29, 1.82) is 0 Å². The van der Waals surface area contributed by atoms with E-state index in [9.17, 15) is 18.3 Å². The second-order valence-electron chi connectivity index (χ2n) is 6.75. The minimum atomic E-state index is -3.61. The van der Waals surface area contributed by atoms with Gasteiger partial charge in [0.25, 0.3) is 5.91 Å². The number of hydrogen-bond donors (Lipinski definition) is 2. The third-order valence-corrected chi connectivity index (χ3v) is 6.93. The van der Waals surface area contributed by atoms with Gasteiger partial charge in [0.05, 0.1) is 17.7 Å². The largest absolute Gasteiger partial charge is 0.395 e. The van der Waals surface area contributed by atoms with E-state index < -0.39 is 15.9 Å². The molecule has 0 bridgehead atoms. The van der Waals surface area contributed by atoms with Gasteiger partial charge in [0.1, 0.15) is 5.69 Å². The van der Waals surface area contributed by atoms with Crippen LogP contribution in [-0.4, -0.2) is 77.4 Å². The Labute approximate surface area is 170 Å². The highest BCUT2D eigenvalue weighted by atomic mass is 32.2. The number of carbonyl (C=O) groups is 1. The van der Waals surface area contributed by atoms with Crippen LogP contribution in [0.2, 0.25) is 0 Å². The van der Waals surface area contributed by atoms with Crippen LogP contribution in [0.5, 0.6) is 0 Å². The number of aliphatic hydroxyl groups is 1. The Hall–Kier alpha value is -2.40. The standard InChI is InChI=1S/C19H25N5O4S/c1-2-16(14-25)23-9-11-24(12-10-23)29(27,28)17-5-3-15(4-6-17)22-19(26)18-13-20-7-8-21-18/h3-8,13,16,25H,2,9-12,14H2,1H3,(H,22,26). The number of aromatic nitrogens is 2. The molecular formula is C19H25N5O4S. The van der Waals surface area contributed by atoms with Gasteiger partial charge in [-0.1, -0.05) is 6.92 Å². The fourth-order valence-electron chi connectivity index (χ4n) is 3.28. The summed E-state index contributed by atoms with van der Waals surface area (Å²) >= 11 is 0. The molecule has 2 aromatic rings. The monoisotopic (exact) mass is 419 g/mol. The van der Waals surface area contributed by atoms with Crippen LogP contribution in [0.3, 0.4) is 0 Å². The van der Waals surface area contributed by atoms with Crippen molar-refractivity contribution in [3.05, 3.63) is 48.5 Å². The fraction of sp³-hybridized carbons (Fsp3) is 0.421. The number of aliphatic hydroxyl groups excluding tert-OH is 1. The molecule has 2 N–H and O–H groups in total. The molecule has 1 fully saturated rings. The van der Waals surface area contributed by atoms with Crippen molar-refractivity contribution in [3.63, 3.8) is 0 Å². The average molecular weight is 420 g/mol. The maximum atomic E-state index is 12.9. The van der Waals surface area contributed by atoms with Crippen LogP contribution in [0.4, 0.5) is 5.69 Å². The minimum absolute atomic E-state index is 0.0667. The number of anilines is 1. The molecule has 0 spiro atoms. The predicted molar refractivity (Wildman–Crippen MR) is 108 cm³/mol. The molecule has 1 aliphatic rings. The number of benzene rings is 1. The summed E-state index contributed by atoms with van der Waals surface area (Å²) in [5, 5.41) is 12.1. The van der Waals surface area contributed by atoms with Crippen LogP contribution < -0.4 is 5.32 Å². The number of rotatable bonds is 7. The molecule has 0 saturated carbocycles. The Balaban J connectivity index is 1.64. The molecule has 1 aromatic heterocycles. The van der Waals surface area contributed by atoms with Gasteiger partial charge in [0, 0.05) is 50.3 Å². The van der Waals surface area contributed by atoms with Crippen LogP contribution in [0, 0.1) is 0 Å². The molecule has 0 aliphatic carbocycles. The Morgan fingerprint density at radius 2 is 1.86 bits per heavy atom. The van der Waals surface area contributed by atoms with E-state index in [-0.39, 0.29) is 23.2 Å². The Bertz CT molecular complexity index is 909. The van der Waals surface area contributed by atoms with E-state index in [4.69, 9.17) is 0 Å². The minimum Gasteiger partial charge on any atom is -0.395 e. The molecule has 1 unspecified atom stereocenters. The van der Waals surface area contributed by atoms with Gasteiger partial charge in [-0.3, -0.25) is 14.7 Å². The normalized spacial score (nSPS) is 17.0. The van der Waals surface area contributed by atoms with Crippen LogP contribution in [0.15, 0.2) is 47.8 Å². The van der Waals surface area contributed by atoms with E-state index in [0.717, 1.165) is 6.42 Å². The average Bonchev–Trinajstić information content (AvgIpc) is 2.76. The SMILES string of the molecule is CCC(CO)N1CCN(S(=O)(=O)c2ccc(NC(=O)c3cnccn3)cc2)CC1. The summed E-state index contributed by atoms with van der Waals surface area (Å²) in [6, 6.07) is 6.14. The molecule has 1 saturated heterocycles. The van der Waals surface area contributed by atoms with Crippen molar-refractivity contribution in [1.82, 2.24) is 19.2 Å². The van der Waals surface area contributed by atoms with Crippen molar-refractivity contribution in [2.24, 2.45) is 0 Å². The van der Waals surface area contributed by atoms with Gasteiger partial charge in [-0.05, 0) is 30.7 Å². The van der Waals surface area contributed by atoms with Crippen molar-refractivity contribution < 1.29 is 18.3 Å². The van der Waals surface area contributed by atoms with E-state index in [1.807, 2.05) is 6.92 Å². The first-order valence-corrected chi connectivity index (χ1v) is 10.9. The van der Waals surface area contributed by atoms with E-state index in [1.165, 1.54) is 35.0 Å². The summed E-state index contributed by atoms with van der Waals surface area (Å²) in [7, 11) is -3.61. The van der Waals surface area contributed by atoms with Gasteiger partial charge in [-0.2, -0.15) is 4.31 Å². The smallest absolute Gasteiger partial charge is 0.275 e. The number of sulfonamides is 1. The zero-order chi connectivity index (χ0) is 20.9. The zero-order valence-corrected chi connectivity index (χ0v) is 17.0. The van der Waals surface area contributed by atoms with Gasteiger partial charge in [-0.15, -0.1) is 0 Å². The summed E-state index contributed by atoms with van der Waals surface area (Å²) in [6.45, 7) is 4.02. The van der Waals surface area contributed by atoms with Crippen LogP contribution in [-0.2, 0) is 10.0 Å². The number of piperazine rings is 1. The molecule has 9 nitrogen and oxygen atoms in total. The van der Waals surface area contributed by atoms with E-state index in [0.29, 0.717) is 31.9 Å². The Kier molecular flexibility index (Phi) is 6.91. The number of nitrogens with one attached hydrogen (secondary N) is 1. The lowest BCUT2D eigenvalue weighted by atomic mass is 10.2. The van der Waals surface area contributed by atoms with Gasteiger partial charge in [-0.25, -0.2) is 13.4 Å². The van der Waals surface area contributed by atoms with E-state index in [1.54, 1.807) is 12.1 Å². The lowest BCUT2D eigenvalue weighted by Gasteiger charge is -2.37. The number of carbonyl (C=O) groups excluding carboxylic acids is 1. The molecule has 1 atom stereocenters. The third-order valence-electron chi connectivity index (χ3n) is 5.02. The first-order chi connectivity index (χ1) is 14.0. The number of hydrogen-bond acceptors (Lipinski definition) is 7. The number of amides is 1. The molecule has 1 amide bonds. The fourth-order valence-corrected chi connectivity index (χ4v) is 4.70. The summed E-state index contributed by atoms with van der Waals surface area (Å²) in [5.41, 5.74) is 0.647. The second kappa shape index (κ2) is 9.40. The van der Waals surface area contributed by atoms with Crippen LogP contribution in [0.1, 0.15) is 23.8 Å². The molecule has 1 aliphatic heterocycles. The van der Waals surface area contributed by atoms with Crippen LogP contribution in [0.25, 0.3) is 0 Å². The highest BCUT2D eigenvalue weighted by molar-refractivity contribution is 7.89. The molecule has 156 valence electrons. The van der Waals surface area contributed by atoms with Gasteiger partial charge >= 0.3 is 0 Å². The lowest BCUT2D eigenvalue weighted by Crippen LogP contribution is -2.52. The first kappa shape index (κ1) is 21.3. The predicted octanol–water partition coefficient (Wildman–Crippen LogP) is 0.806. The molecule has 3 rings (SSSR count). The topological polar surface area (TPSA) is 116 Å². The van der Waals surface area contributed by atoms with Crippen molar-refractivity contribution >= 4 is 21.6 Å². The van der Waals surface area contributed by atoms with Crippen molar-refractivity contribution in [3.8, 4) is 0 Å². The maximum Gasteiger partial charge on any atom is 0.275 e. The molecule has 10 heteroatoms. The molecule has 0 radical (unpaired) electrons. The summed E-state index contributed by atoms with van der Waals surface area (Å²) in [6.07, 6.45) is 5.08. The second-order valence-corrected chi connectivity index (χ2v) is 8.69. The summed E-state index contributed by atoms with van der Waals surface area (Å²) in [4.78, 5) is 22.2. The summed E-state index contributed by atoms with van der Waals surface area (Å²) < 4.78 is 27.3. The van der Waals surface area contributed by atoms with E-state index in [2.05, 4.69) is 20.2 Å². The highest BCUT2D eigenvalue weighted by Gasteiger charge is 2.30. The third kappa shape index (κ3) is 4.96. The maximum absolute atomic E-state index is 12.9. The molecule has 2 heterocycles. The molecule has 1 aromatic carbocycles. The Morgan fingerprint density at radius 3 is 2.41 bits per heavy atom. The molecule has 29 heavy (non-hydrogen) atoms. The van der Waals surface area contributed by atoms with Gasteiger partial charge in [0.15, 0.2) is 0 Å². The highest BCUT2D eigenvalue weighted by Crippen LogP contribution is 2.21. The van der Waals surface area contributed by atoms with Crippen molar-refractivity contribution in [2.45, 2.75) is 24.3 Å². The quantitative estimate of drug-likeness (QED) is 0.682. The Morgan fingerprint density at radius 1 is 1.17 bits per heavy atom. The number of nitrogens with zero attached hydrogens (tertiary/aromatic N) is 4. The molecular weight excluding hydrogens is 394 g/mol. The van der Waals surface area contributed by atoms with Gasteiger partial charge < -0.3 is 10.4 Å². The zero-order valence-electron chi connectivity index (χ0n) is 16.2. The van der Waals surface area contributed by atoms with E-state index >= 15 is 0 Å². The first-order valence-electron chi connectivity index (χ1n) is 9.48. The van der Waals surface area contributed by atoms with Gasteiger partial charge in [0.2, 0.25) is 10.0 Å².